The minimum atomic E-state index is -0.188. The van der Waals surface area contributed by atoms with Crippen molar-refractivity contribution in [2.24, 2.45) is 5.92 Å². The molecule has 0 aromatic heterocycles. The normalized spacial score (nSPS) is 34.8. The van der Waals surface area contributed by atoms with Gasteiger partial charge in [0.15, 0.2) is 0 Å². The van der Waals surface area contributed by atoms with E-state index in [4.69, 9.17) is 4.74 Å². The van der Waals surface area contributed by atoms with Crippen LogP contribution in [0, 0.1) is 17.2 Å². The van der Waals surface area contributed by atoms with Crippen molar-refractivity contribution in [2.75, 3.05) is 26.3 Å². The van der Waals surface area contributed by atoms with Gasteiger partial charge in [-0.15, -0.1) is 0 Å². The highest BCUT2D eigenvalue weighted by Gasteiger charge is 2.39. The smallest absolute Gasteiger partial charge is 0.109 e. The summed E-state index contributed by atoms with van der Waals surface area (Å²) in [6.07, 6.45) is 8.51. The molecule has 0 amide bonds. The van der Waals surface area contributed by atoms with Crippen LogP contribution in [0.25, 0.3) is 0 Å². The Balaban J connectivity index is 2.01. The summed E-state index contributed by atoms with van der Waals surface area (Å²) in [6.45, 7) is 5.73. The maximum absolute atomic E-state index is 9.70. The topological polar surface area (TPSA) is 36.3 Å². The van der Waals surface area contributed by atoms with Crippen molar-refractivity contribution < 1.29 is 4.74 Å². The number of hydrogen-bond donors (Lipinski definition) is 0. The lowest BCUT2D eigenvalue weighted by Gasteiger charge is -2.40. The maximum Gasteiger partial charge on any atom is 0.109 e. The van der Waals surface area contributed by atoms with E-state index in [1.165, 1.54) is 32.1 Å². The van der Waals surface area contributed by atoms with Crippen LogP contribution >= 0.6 is 0 Å². The minimum Gasteiger partial charge on any atom is -0.379 e. The van der Waals surface area contributed by atoms with Crippen molar-refractivity contribution in [1.82, 2.24) is 4.90 Å². The van der Waals surface area contributed by atoms with Gasteiger partial charge < -0.3 is 4.74 Å². The molecule has 0 aromatic carbocycles. The lowest BCUT2D eigenvalue weighted by atomic mass is 9.88. The van der Waals surface area contributed by atoms with Gasteiger partial charge in [-0.25, -0.2) is 0 Å². The molecule has 0 bridgehead atoms. The molecule has 1 aliphatic carbocycles. The third-order valence-electron chi connectivity index (χ3n) is 4.69. The molecular formula is C15H26N2O. The molecule has 2 atom stereocenters. The first-order valence-electron chi connectivity index (χ1n) is 7.55. The van der Waals surface area contributed by atoms with Crippen molar-refractivity contribution in [3.05, 3.63) is 0 Å². The number of hydrogen-bond acceptors (Lipinski definition) is 3. The largest absolute Gasteiger partial charge is 0.379 e. The molecule has 3 nitrogen and oxygen atoms in total. The highest BCUT2D eigenvalue weighted by Crippen LogP contribution is 2.36. The van der Waals surface area contributed by atoms with Crippen LogP contribution in [-0.4, -0.2) is 36.7 Å². The van der Waals surface area contributed by atoms with Gasteiger partial charge in [0.25, 0.3) is 0 Å². The first kappa shape index (κ1) is 13.8. The van der Waals surface area contributed by atoms with Gasteiger partial charge in [-0.2, -0.15) is 5.26 Å². The quantitative estimate of drug-likeness (QED) is 0.723. The molecule has 1 aliphatic heterocycles. The standard InChI is InChI=1S/C15H26N2O/c1-2-4-14-5-3-7-15(13-16,8-6-14)17-9-11-18-12-10-17/h14H,2-12H2,1H3. The first-order chi connectivity index (χ1) is 8.80. The zero-order valence-corrected chi connectivity index (χ0v) is 11.7. The Hall–Kier alpha value is -0.590. The SMILES string of the molecule is CCCC1CCCC(C#N)(N2CCOCC2)CC1. The molecule has 1 saturated carbocycles. The molecule has 3 heteroatoms. The summed E-state index contributed by atoms with van der Waals surface area (Å²) in [7, 11) is 0. The molecule has 18 heavy (non-hydrogen) atoms. The lowest BCUT2D eigenvalue weighted by molar-refractivity contribution is -0.00847. The first-order valence-corrected chi connectivity index (χ1v) is 7.55. The monoisotopic (exact) mass is 250 g/mol. The summed E-state index contributed by atoms with van der Waals surface area (Å²) in [5.74, 6) is 0.853. The fraction of sp³-hybridized carbons (Fsp3) is 0.933. The highest BCUT2D eigenvalue weighted by molar-refractivity contribution is 5.09. The molecule has 0 aromatic rings. The number of morpholine rings is 1. The third kappa shape index (κ3) is 3.05. The average Bonchev–Trinajstić information content (AvgIpc) is 2.64. The van der Waals surface area contributed by atoms with Crippen LogP contribution in [0.4, 0.5) is 0 Å². The fourth-order valence-corrected chi connectivity index (χ4v) is 3.58. The van der Waals surface area contributed by atoms with Gasteiger partial charge in [0.1, 0.15) is 5.54 Å². The Morgan fingerprint density at radius 2 is 2.06 bits per heavy atom. The molecule has 2 rings (SSSR count). The third-order valence-corrected chi connectivity index (χ3v) is 4.69. The molecule has 0 spiro atoms. The second kappa shape index (κ2) is 6.54. The van der Waals surface area contributed by atoms with Crippen LogP contribution in [0.15, 0.2) is 0 Å². The maximum atomic E-state index is 9.70. The van der Waals surface area contributed by atoms with E-state index in [0.717, 1.165) is 45.1 Å². The predicted molar refractivity (Wildman–Crippen MR) is 72.2 cm³/mol. The predicted octanol–water partition coefficient (Wildman–Crippen LogP) is 2.96. The van der Waals surface area contributed by atoms with E-state index in [-0.39, 0.29) is 5.54 Å². The number of ether oxygens (including phenoxy) is 1. The average molecular weight is 250 g/mol. The Kier molecular flexibility index (Phi) is 5.03. The van der Waals surface area contributed by atoms with Crippen molar-refractivity contribution in [3.8, 4) is 6.07 Å². The van der Waals surface area contributed by atoms with E-state index in [1.807, 2.05) is 0 Å². The summed E-state index contributed by atoms with van der Waals surface area (Å²) < 4.78 is 5.42. The fourth-order valence-electron chi connectivity index (χ4n) is 3.58. The number of nitriles is 1. The van der Waals surface area contributed by atoms with Gasteiger partial charge in [0, 0.05) is 13.1 Å². The van der Waals surface area contributed by atoms with Crippen molar-refractivity contribution in [1.29, 1.82) is 5.26 Å². The van der Waals surface area contributed by atoms with E-state index in [1.54, 1.807) is 0 Å². The van der Waals surface area contributed by atoms with Crippen LogP contribution in [0.3, 0.4) is 0 Å². The van der Waals surface area contributed by atoms with Crippen molar-refractivity contribution in [3.63, 3.8) is 0 Å². The molecule has 2 aliphatic rings. The second-order valence-corrected chi connectivity index (χ2v) is 5.83. The van der Waals surface area contributed by atoms with Gasteiger partial charge in [-0.1, -0.05) is 32.6 Å². The van der Waals surface area contributed by atoms with Gasteiger partial charge >= 0.3 is 0 Å². The minimum absolute atomic E-state index is 0.188. The summed E-state index contributed by atoms with van der Waals surface area (Å²) >= 11 is 0. The van der Waals surface area contributed by atoms with E-state index in [9.17, 15) is 5.26 Å². The van der Waals surface area contributed by atoms with Crippen molar-refractivity contribution >= 4 is 0 Å². The van der Waals surface area contributed by atoms with Gasteiger partial charge in [0.2, 0.25) is 0 Å². The van der Waals surface area contributed by atoms with Crippen LogP contribution in [0.2, 0.25) is 0 Å². The Bertz CT molecular complexity index is 293. The summed E-state index contributed by atoms with van der Waals surface area (Å²) in [4.78, 5) is 2.39. The molecule has 102 valence electrons. The van der Waals surface area contributed by atoms with Gasteiger partial charge in [-0.05, 0) is 25.2 Å². The summed E-state index contributed by atoms with van der Waals surface area (Å²) in [6, 6.07) is 2.66. The van der Waals surface area contributed by atoms with E-state index >= 15 is 0 Å². The highest BCUT2D eigenvalue weighted by atomic mass is 16.5. The van der Waals surface area contributed by atoms with E-state index in [0.29, 0.717) is 0 Å². The van der Waals surface area contributed by atoms with Crippen LogP contribution in [-0.2, 0) is 4.74 Å². The van der Waals surface area contributed by atoms with Gasteiger partial charge in [0.05, 0.1) is 19.3 Å². The van der Waals surface area contributed by atoms with Crippen LogP contribution in [0.5, 0.6) is 0 Å². The summed E-state index contributed by atoms with van der Waals surface area (Å²) in [5, 5.41) is 9.70. The lowest BCUT2D eigenvalue weighted by Crippen LogP contribution is -2.52. The Labute approximate surface area is 111 Å². The molecule has 2 unspecified atom stereocenters. The molecular weight excluding hydrogens is 224 g/mol. The van der Waals surface area contributed by atoms with Crippen LogP contribution < -0.4 is 0 Å². The zero-order valence-electron chi connectivity index (χ0n) is 11.7. The Morgan fingerprint density at radius 1 is 1.28 bits per heavy atom. The second-order valence-electron chi connectivity index (χ2n) is 5.83. The van der Waals surface area contributed by atoms with Crippen molar-refractivity contribution in [2.45, 2.75) is 57.4 Å². The molecule has 0 N–H and O–H groups in total. The molecule has 1 heterocycles. The zero-order chi connectivity index (χ0) is 12.8. The van der Waals surface area contributed by atoms with Gasteiger partial charge in [-0.3, -0.25) is 4.90 Å². The van der Waals surface area contributed by atoms with E-state index in [2.05, 4.69) is 17.9 Å². The number of rotatable bonds is 3. The molecule has 2 fully saturated rings. The molecule has 0 radical (unpaired) electrons. The Morgan fingerprint density at radius 3 is 2.72 bits per heavy atom. The van der Waals surface area contributed by atoms with E-state index < -0.39 is 0 Å². The molecule has 1 saturated heterocycles. The number of nitrogens with zero attached hydrogens (tertiary/aromatic N) is 2. The van der Waals surface area contributed by atoms with Crippen LogP contribution in [0.1, 0.15) is 51.9 Å². The summed E-state index contributed by atoms with van der Waals surface area (Å²) in [5.41, 5.74) is -0.188.